The van der Waals surface area contributed by atoms with Crippen molar-refractivity contribution in [2.75, 3.05) is 4.90 Å². The lowest BCUT2D eigenvalue weighted by Crippen LogP contribution is -2.20. The van der Waals surface area contributed by atoms with E-state index in [1.54, 1.807) is 0 Å². The molecule has 2 aromatic heterocycles. The van der Waals surface area contributed by atoms with Gasteiger partial charge in [-0.3, -0.25) is 0 Å². The van der Waals surface area contributed by atoms with Crippen molar-refractivity contribution >= 4 is 80.8 Å². The minimum atomic E-state index is -0.0794. The molecule has 0 saturated carbocycles. The summed E-state index contributed by atoms with van der Waals surface area (Å²) in [5, 5.41) is 6.85. The van der Waals surface area contributed by atoms with E-state index in [1.165, 1.54) is 96.4 Å². The Labute approximate surface area is 312 Å². The first-order valence-corrected chi connectivity index (χ1v) is 20.2. The second-order valence-electron chi connectivity index (χ2n) is 15.1. The van der Waals surface area contributed by atoms with Crippen molar-refractivity contribution in [3.63, 3.8) is 0 Å². The van der Waals surface area contributed by atoms with Crippen molar-refractivity contribution in [3.8, 4) is 11.1 Å². The highest BCUT2D eigenvalue weighted by Gasteiger charge is 2.38. The van der Waals surface area contributed by atoms with Gasteiger partial charge in [0, 0.05) is 63.3 Å². The Balaban J connectivity index is 1.19. The fourth-order valence-corrected chi connectivity index (χ4v) is 11.8. The fraction of sp³-hybridized carbons (Fsp3) is 0.143. The van der Waals surface area contributed by atoms with E-state index in [1.807, 2.05) is 22.7 Å². The predicted octanol–water partition coefficient (Wildman–Crippen LogP) is 14.5. The molecule has 1 atom stereocenters. The Morgan fingerprint density at radius 2 is 1.48 bits per heavy atom. The maximum absolute atomic E-state index is 2.62. The van der Waals surface area contributed by atoms with Gasteiger partial charge in [0.15, 0.2) is 0 Å². The lowest BCUT2D eigenvalue weighted by atomic mass is 9.82. The van der Waals surface area contributed by atoms with Gasteiger partial charge in [-0.15, -0.1) is 22.7 Å². The van der Waals surface area contributed by atoms with Crippen molar-refractivity contribution in [1.82, 2.24) is 0 Å². The third-order valence-corrected chi connectivity index (χ3v) is 14.3. The lowest BCUT2D eigenvalue weighted by molar-refractivity contribution is 0.660. The second-order valence-corrected chi connectivity index (χ2v) is 17.2. The predicted molar refractivity (Wildman–Crippen MR) is 227 cm³/mol. The average Bonchev–Trinajstić information content (AvgIpc) is 3.84. The van der Waals surface area contributed by atoms with Crippen LogP contribution in [-0.4, -0.2) is 0 Å². The summed E-state index contributed by atoms with van der Waals surface area (Å²) in [6.07, 6.45) is 14.6. The number of aryl methyl sites for hydroxylation is 1. The van der Waals surface area contributed by atoms with Crippen molar-refractivity contribution in [2.24, 2.45) is 0 Å². The SMILES string of the molecule is CC1(C)c2ccccc2-c2c(N(C3=CCCc4sc5ccc6sc7c8ccccc8ccc7c6c5c43)c3ccc(C4C=CC=CC4)cc3)cccc21. The molecule has 0 bridgehead atoms. The third kappa shape index (κ3) is 4.33. The summed E-state index contributed by atoms with van der Waals surface area (Å²) >= 11 is 3.95. The Morgan fingerprint density at radius 1 is 0.673 bits per heavy atom. The number of hydrogen-bond acceptors (Lipinski definition) is 3. The van der Waals surface area contributed by atoms with Gasteiger partial charge in [0.05, 0.1) is 11.4 Å². The molecule has 52 heavy (non-hydrogen) atoms. The van der Waals surface area contributed by atoms with Crippen LogP contribution in [0.3, 0.4) is 0 Å². The minimum absolute atomic E-state index is 0.0794. The summed E-state index contributed by atoms with van der Waals surface area (Å²) in [6, 6.07) is 43.9. The minimum Gasteiger partial charge on any atom is -0.310 e. The van der Waals surface area contributed by atoms with Crippen molar-refractivity contribution in [3.05, 3.63) is 173 Å². The van der Waals surface area contributed by atoms with E-state index >= 15 is 0 Å². The summed E-state index contributed by atoms with van der Waals surface area (Å²) in [5.41, 5.74) is 12.0. The van der Waals surface area contributed by atoms with Gasteiger partial charge in [0.25, 0.3) is 0 Å². The number of rotatable bonds is 4. The molecule has 3 aliphatic rings. The van der Waals surface area contributed by atoms with E-state index in [0.717, 1.165) is 19.3 Å². The van der Waals surface area contributed by atoms with Crippen LogP contribution in [0.25, 0.3) is 57.9 Å². The van der Waals surface area contributed by atoms with Gasteiger partial charge in [0.1, 0.15) is 0 Å². The van der Waals surface area contributed by atoms with Gasteiger partial charge in [-0.25, -0.2) is 0 Å². The zero-order valence-corrected chi connectivity index (χ0v) is 31.0. The molecule has 0 radical (unpaired) electrons. The van der Waals surface area contributed by atoms with E-state index in [4.69, 9.17) is 0 Å². The van der Waals surface area contributed by atoms with Gasteiger partial charge < -0.3 is 4.90 Å². The van der Waals surface area contributed by atoms with Gasteiger partial charge in [-0.2, -0.15) is 0 Å². The first-order chi connectivity index (χ1) is 25.6. The molecule has 0 saturated heterocycles. The normalized spacial score (nSPS) is 17.1. The highest BCUT2D eigenvalue weighted by molar-refractivity contribution is 7.27. The second kappa shape index (κ2) is 11.4. The lowest BCUT2D eigenvalue weighted by Gasteiger charge is -2.33. The van der Waals surface area contributed by atoms with Crippen LogP contribution in [0.5, 0.6) is 0 Å². The summed E-state index contributed by atoms with van der Waals surface area (Å²) in [4.78, 5) is 4.11. The molecule has 0 fully saturated rings. The topological polar surface area (TPSA) is 3.24 Å². The Hall–Kier alpha value is -5.22. The molecule has 250 valence electrons. The summed E-state index contributed by atoms with van der Waals surface area (Å²) in [6.45, 7) is 4.78. The molecule has 2 heterocycles. The molecule has 0 spiro atoms. The maximum atomic E-state index is 2.62. The molecule has 1 nitrogen and oxygen atoms in total. The first-order valence-electron chi connectivity index (χ1n) is 18.5. The van der Waals surface area contributed by atoms with Crippen molar-refractivity contribution in [2.45, 2.75) is 44.4 Å². The quantitative estimate of drug-likeness (QED) is 0.176. The maximum Gasteiger partial charge on any atom is 0.0543 e. The van der Waals surface area contributed by atoms with Crippen LogP contribution in [0.2, 0.25) is 0 Å². The van der Waals surface area contributed by atoms with Crippen LogP contribution in [0, 0.1) is 0 Å². The van der Waals surface area contributed by atoms with Crippen LogP contribution in [0.1, 0.15) is 59.7 Å². The summed E-state index contributed by atoms with van der Waals surface area (Å²) in [7, 11) is 0. The van der Waals surface area contributed by atoms with Crippen LogP contribution in [0.15, 0.2) is 146 Å². The molecule has 0 amide bonds. The molecular weight excluding hydrogens is 667 g/mol. The molecule has 8 aromatic rings. The van der Waals surface area contributed by atoms with E-state index in [-0.39, 0.29) is 5.41 Å². The third-order valence-electron chi connectivity index (χ3n) is 11.8. The van der Waals surface area contributed by atoms with Gasteiger partial charge in [-0.05, 0) is 82.6 Å². The zero-order valence-electron chi connectivity index (χ0n) is 29.3. The molecule has 0 N–H and O–H groups in total. The number of anilines is 2. The number of fused-ring (bicyclic) bond motifs is 12. The monoisotopic (exact) mass is 703 g/mol. The molecule has 1 unspecified atom stereocenters. The van der Waals surface area contributed by atoms with Gasteiger partial charge in [-0.1, -0.05) is 129 Å². The molecule has 6 aromatic carbocycles. The zero-order chi connectivity index (χ0) is 34.6. The largest absolute Gasteiger partial charge is 0.310 e. The Morgan fingerprint density at radius 3 is 2.35 bits per heavy atom. The molecule has 11 rings (SSSR count). The van der Waals surface area contributed by atoms with Crippen molar-refractivity contribution < 1.29 is 0 Å². The molecular formula is C49H37NS2. The van der Waals surface area contributed by atoms with E-state index in [0.29, 0.717) is 5.92 Å². The smallest absolute Gasteiger partial charge is 0.0543 e. The number of thiophene rings is 2. The Kier molecular flexibility index (Phi) is 6.66. The van der Waals surface area contributed by atoms with E-state index < -0.39 is 0 Å². The Bertz CT molecular complexity index is 2860. The molecule has 0 aliphatic heterocycles. The number of benzene rings is 6. The number of allylic oxidation sites excluding steroid dienone is 5. The van der Waals surface area contributed by atoms with Crippen LogP contribution in [-0.2, 0) is 11.8 Å². The summed E-state index contributed by atoms with van der Waals surface area (Å²) in [5.74, 6) is 0.415. The van der Waals surface area contributed by atoms with Crippen LogP contribution in [0.4, 0.5) is 11.4 Å². The van der Waals surface area contributed by atoms with Gasteiger partial charge in [0.2, 0.25) is 0 Å². The van der Waals surface area contributed by atoms with Crippen LogP contribution < -0.4 is 4.90 Å². The van der Waals surface area contributed by atoms with Gasteiger partial charge >= 0.3 is 0 Å². The number of nitrogens with zero attached hydrogens (tertiary/aromatic N) is 1. The fourth-order valence-electron chi connectivity index (χ4n) is 9.35. The van der Waals surface area contributed by atoms with Crippen molar-refractivity contribution in [1.29, 1.82) is 0 Å². The molecule has 3 aliphatic carbocycles. The highest BCUT2D eigenvalue weighted by Crippen LogP contribution is 2.56. The average molecular weight is 704 g/mol. The first kappa shape index (κ1) is 30.4. The summed E-state index contributed by atoms with van der Waals surface area (Å²) < 4.78 is 4.14. The highest BCUT2D eigenvalue weighted by atomic mass is 32.1. The standard InChI is InChI=1S/C49H37NS2/c1-49(2)37-17-9-8-16-35(37)44-38(49)18-10-19-39(44)50(33-25-22-31(23-26-33)30-12-4-3-5-13-30)40-20-11-21-41-46(40)47-43(51-41)29-28-42-45(47)36-27-24-32-14-6-7-15-34(32)48(36)52-42/h3-10,12,14-20,22-30H,11,13,21H2,1-2H3. The van der Waals surface area contributed by atoms with Crippen LogP contribution >= 0.6 is 22.7 Å². The number of hydrogen-bond donors (Lipinski definition) is 0. The van der Waals surface area contributed by atoms with E-state index in [9.17, 15) is 0 Å². The molecule has 3 heteroatoms. The van der Waals surface area contributed by atoms with E-state index in [2.05, 4.69) is 164 Å².